The third-order valence-electron chi connectivity index (χ3n) is 2.47. The molecule has 0 spiro atoms. The molecule has 0 saturated heterocycles. The summed E-state index contributed by atoms with van der Waals surface area (Å²) in [6, 6.07) is 6.50. The van der Waals surface area contributed by atoms with E-state index < -0.39 is 9.84 Å². The third-order valence-corrected chi connectivity index (χ3v) is 4.63. The lowest BCUT2D eigenvalue weighted by Crippen LogP contribution is -1.99. The molecule has 2 aromatic rings. The van der Waals surface area contributed by atoms with E-state index in [1.54, 1.807) is 24.3 Å². The summed E-state index contributed by atoms with van der Waals surface area (Å²) in [4.78, 5) is 9.07. The van der Waals surface area contributed by atoms with E-state index in [4.69, 9.17) is 10.5 Å². The summed E-state index contributed by atoms with van der Waals surface area (Å²) in [5.41, 5.74) is 6.23. The predicted octanol–water partition coefficient (Wildman–Crippen LogP) is 1.62. The summed E-state index contributed by atoms with van der Waals surface area (Å²) in [6.45, 7) is 0. The van der Waals surface area contributed by atoms with E-state index in [9.17, 15) is 8.42 Å². The molecule has 0 unspecified atom stereocenters. The molecule has 0 saturated carbocycles. The van der Waals surface area contributed by atoms with Gasteiger partial charge in [-0.05, 0) is 24.3 Å². The molecule has 0 radical (unpaired) electrons. The minimum atomic E-state index is -3.19. The number of sulfone groups is 1. The SMILES string of the molecule is COc1ncnc(Sc2ccc(S(C)(=O)=O)cc2)c1N. The van der Waals surface area contributed by atoms with Gasteiger partial charge in [0.2, 0.25) is 5.88 Å². The average Bonchev–Trinajstić information content (AvgIpc) is 2.41. The summed E-state index contributed by atoms with van der Waals surface area (Å²) in [5, 5.41) is 0.559. The lowest BCUT2D eigenvalue weighted by Gasteiger charge is -2.07. The minimum Gasteiger partial charge on any atom is -0.479 e. The van der Waals surface area contributed by atoms with Crippen molar-refractivity contribution in [1.82, 2.24) is 9.97 Å². The molecule has 0 bridgehead atoms. The molecule has 1 aromatic heterocycles. The number of nitrogens with two attached hydrogens (primary N) is 1. The van der Waals surface area contributed by atoms with Gasteiger partial charge in [-0.2, -0.15) is 4.98 Å². The van der Waals surface area contributed by atoms with Gasteiger partial charge < -0.3 is 10.5 Å². The molecule has 106 valence electrons. The number of aromatic nitrogens is 2. The normalized spacial score (nSPS) is 11.3. The van der Waals surface area contributed by atoms with Gasteiger partial charge in [-0.15, -0.1) is 0 Å². The first kappa shape index (κ1) is 14.6. The highest BCUT2D eigenvalue weighted by Gasteiger charge is 2.11. The second-order valence-electron chi connectivity index (χ2n) is 3.95. The van der Waals surface area contributed by atoms with E-state index >= 15 is 0 Å². The van der Waals surface area contributed by atoms with Gasteiger partial charge >= 0.3 is 0 Å². The summed E-state index contributed by atoms with van der Waals surface area (Å²) in [7, 11) is -1.71. The molecule has 0 aliphatic carbocycles. The molecule has 0 fully saturated rings. The Kier molecular flexibility index (Phi) is 4.15. The van der Waals surface area contributed by atoms with Gasteiger partial charge in [-0.1, -0.05) is 11.8 Å². The Hall–Kier alpha value is -1.80. The van der Waals surface area contributed by atoms with E-state index in [2.05, 4.69) is 9.97 Å². The Morgan fingerprint density at radius 3 is 2.40 bits per heavy atom. The number of hydrogen-bond donors (Lipinski definition) is 1. The number of ether oxygens (including phenoxy) is 1. The van der Waals surface area contributed by atoms with E-state index in [0.717, 1.165) is 4.90 Å². The molecule has 0 amide bonds. The first-order valence-electron chi connectivity index (χ1n) is 5.54. The van der Waals surface area contributed by atoms with Crippen molar-refractivity contribution in [3.8, 4) is 5.88 Å². The molecular formula is C12H13N3O3S2. The molecule has 0 aliphatic heterocycles. The number of nitrogen functional groups attached to an aromatic ring is 1. The molecule has 0 aliphatic rings. The summed E-state index contributed by atoms with van der Waals surface area (Å²) < 4.78 is 27.8. The van der Waals surface area contributed by atoms with Crippen molar-refractivity contribution in [3.05, 3.63) is 30.6 Å². The topological polar surface area (TPSA) is 95.2 Å². The second-order valence-corrected chi connectivity index (χ2v) is 7.03. The number of anilines is 1. The van der Waals surface area contributed by atoms with Crippen LogP contribution in [0, 0.1) is 0 Å². The average molecular weight is 311 g/mol. The number of benzene rings is 1. The van der Waals surface area contributed by atoms with E-state index in [1.807, 2.05) is 0 Å². The standard InChI is InChI=1S/C12H13N3O3S2/c1-18-11-10(13)12(15-7-14-11)19-8-3-5-9(6-4-8)20(2,16)17/h3-7H,13H2,1-2H3. The van der Waals surface area contributed by atoms with E-state index in [-0.39, 0.29) is 4.90 Å². The smallest absolute Gasteiger partial charge is 0.241 e. The summed E-state index contributed by atoms with van der Waals surface area (Å²) in [5.74, 6) is 0.315. The first-order valence-corrected chi connectivity index (χ1v) is 8.25. The van der Waals surface area contributed by atoms with Gasteiger partial charge in [0, 0.05) is 11.2 Å². The quantitative estimate of drug-likeness (QED) is 0.857. The van der Waals surface area contributed by atoms with Crippen LogP contribution in [-0.2, 0) is 9.84 Å². The van der Waals surface area contributed by atoms with Crippen LogP contribution in [-0.4, -0.2) is 31.8 Å². The monoisotopic (exact) mass is 311 g/mol. The Balaban J connectivity index is 2.27. The van der Waals surface area contributed by atoms with Gasteiger partial charge in [0.05, 0.1) is 12.0 Å². The van der Waals surface area contributed by atoms with Gasteiger partial charge in [-0.25, -0.2) is 13.4 Å². The molecule has 1 heterocycles. The largest absolute Gasteiger partial charge is 0.479 e. The zero-order valence-electron chi connectivity index (χ0n) is 10.9. The lowest BCUT2D eigenvalue weighted by molar-refractivity contribution is 0.397. The lowest BCUT2D eigenvalue weighted by atomic mass is 10.4. The predicted molar refractivity (Wildman–Crippen MR) is 76.7 cm³/mol. The Morgan fingerprint density at radius 2 is 1.85 bits per heavy atom. The molecule has 2 rings (SSSR count). The van der Waals surface area contributed by atoms with Gasteiger partial charge in [-0.3, -0.25) is 0 Å². The zero-order valence-corrected chi connectivity index (χ0v) is 12.5. The van der Waals surface area contributed by atoms with Crippen molar-refractivity contribution < 1.29 is 13.2 Å². The van der Waals surface area contributed by atoms with Crippen LogP contribution in [0.3, 0.4) is 0 Å². The Bertz CT molecular complexity index is 715. The molecular weight excluding hydrogens is 298 g/mol. The van der Waals surface area contributed by atoms with Gasteiger partial charge in [0.15, 0.2) is 9.84 Å². The molecule has 8 heteroatoms. The highest BCUT2D eigenvalue weighted by atomic mass is 32.2. The zero-order chi connectivity index (χ0) is 14.8. The van der Waals surface area contributed by atoms with Crippen LogP contribution in [0.5, 0.6) is 5.88 Å². The first-order chi connectivity index (χ1) is 9.41. The maximum absolute atomic E-state index is 11.4. The van der Waals surface area contributed by atoms with Crippen molar-refractivity contribution in [2.45, 2.75) is 14.8 Å². The number of methoxy groups -OCH3 is 1. The van der Waals surface area contributed by atoms with Gasteiger partial charge in [0.25, 0.3) is 0 Å². The van der Waals surface area contributed by atoms with Crippen LogP contribution < -0.4 is 10.5 Å². The number of rotatable bonds is 4. The molecule has 2 N–H and O–H groups in total. The van der Waals surface area contributed by atoms with Crippen LogP contribution in [0.2, 0.25) is 0 Å². The Labute approximate surface area is 121 Å². The number of nitrogens with zero attached hydrogens (tertiary/aromatic N) is 2. The van der Waals surface area contributed by atoms with E-state index in [1.165, 1.54) is 31.5 Å². The van der Waals surface area contributed by atoms with Crippen LogP contribution in [0.4, 0.5) is 5.69 Å². The van der Waals surface area contributed by atoms with Crippen LogP contribution in [0.15, 0.2) is 45.4 Å². The highest BCUT2D eigenvalue weighted by molar-refractivity contribution is 7.99. The molecule has 6 nitrogen and oxygen atoms in total. The van der Waals surface area contributed by atoms with Crippen LogP contribution >= 0.6 is 11.8 Å². The summed E-state index contributed by atoms with van der Waals surface area (Å²) >= 11 is 1.31. The van der Waals surface area contributed by atoms with Gasteiger partial charge in [0.1, 0.15) is 17.0 Å². The van der Waals surface area contributed by atoms with Crippen molar-refractivity contribution in [2.75, 3.05) is 19.1 Å². The van der Waals surface area contributed by atoms with Crippen LogP contribution in [0.25, 0.3) is 0 Å². The molecule has 0 atom stereocenters. The highest BCUT2D eigenvalue weighted by Crippen LogP contribution is 2.33. The van der Waals surface area contributed by atoms with E-state index in [0.29, 0.717) is 16.6 Å². The Morgan fingerprint density at radius 1 is 1.20 bits per heavy atom. The summed E-state index contributed by atoms with van der Waals surface area (Å²) in [6.07, 6.45) is 2.53. The van der Waals surface area contributed by atoms with Crippen molar-refractivity contribution >= 4 is 27.3 Å². The van der Waals surface area contributed by atoms with Crippen molar-refractivity contribution in [3.63, 3.8) is 0 Å². The third kappa shape index (κ3) is 3.20. The van der Waals surface area contributed by atoms with Crippen molar-refractivity contribution in [2.24, 2.45) is 0 Å². The fourth-order valence-electron chi connectivity index (χ4n) is 1.47. The maximum atomic E-state index is 11.4. The molecule has 20 heavy (non-hydrogen) atoms. The fourth-order valence-corrected chi connectivity index (χ4v) is 2.90. The van der Waals surface area contributed by atoms with Crippen molar-refractivity contribution in [1.29, 1.82) is 0 Å². The number of hydrogen-bond acceptors (Lipinski definition) is 7. The maximum Gasteiger partial charge on any atom is 0.241 e. The fraction of sp³-hybridized carbons (Fsp3) is 0.167. The van der Waals surface area contributed by atoms with Crippen LogP contribution in [0.1, 0.15) is 0 Å². The molecule has 1 aromatic carbocycles. The minimum absolute atomic E-state index is 0.273. The second kappa shape index (κ2) is 5.68.